The van der Waals surface area contributed by atoms with Crippen molar-refractivity contribution in [2.75, 3.05) is 6.61 Å². The number of carbonyl (C=O) groups is 1. The minimum absolute atomic E-state index is 0.0325. The number of aryl methyl sites for hydroxylation is 2. The second-order valence-corrected chi connectivity index (χ2v) is 10.7. The molecule has 0 N–H and O–H groups in total. The highest BCUT2D eigenvalue weighted by Gasteiger charge is 2.12. The van der Waals surface area contributed by atoms with Crippen LogP contribution in [0.3, 0.4) is 0 Å². The Balaban J connectivity index is 1.43. The lowest BCUT2D eigenvalue weighted by Gasteiger charge is -2.13. The zero-order valence-electron chi connectivity index (χ0n) is 24.0. The van der Waals surface area contributed by atoms with E-state index in [1.54, 1.807) is 0 Å². The molecule has 0 bridgehead atoms. The van der Waals surface area contributed by atoms with Crippen molar-refractivity contribution in [3.05, 3.63) is 77.4 Å². The topological polar surface area (TPSA) is 35.5 Å². The summed E-state index contributed by atoms with van der Waals surface area (Å²) in [6, 6.07) is 21.0. The summed E-state index contributed by atoms with van der Waals surface area (Å²) in [5.74, 6) is 0.743. The van der Waals surface area contributed by atoms with E-state index in [1.807, 2.05) is 19.1 Å². The molecule has 0 aliphatic heterocycles. The monoisotopic (exact) mass is 516 g/mol. The molecule has 3 aromatic carbocycles. The predicted octanol–water partition coefficient (Wildman–Crippen LogP) is 9.88. The summed E-state index contributed by atoms with van der Waals surface area (Å²) in [4.78, 5) is 12.5. The van der Waals surface area contributed by atoms with Gasteiger partial charge in [-0.25, -0.2) is 4.79 Å². The first kappa shape index (κ1) is 29.7. The third-order valence-corrected chi connectivity index (χ3v) is 7.31. The average molecular weight is 517 g/mol. The lowest BCUT2D eigenvalue weighted by atomic mass is 10.0. The van der Waals surface area contributed by atoms with Crippen LogP contribution in [-0.2, 0) is 17.6 Å². The van der Waals surface area contributed by atoms with Crippen molar-refractivity contribution in [3.63, 3.8) is 0 Å². The van der Waals surface area contributed by atoms with Crippen molar-refractivity contribution < 1.29 is 14.3 Å². The molecular formula is C35H48O3. The van der Waals surface area contributed by atoms with Gasteiger partial charge in [0.25, 0.3) is 0 Å². The van der Waals surface area contributed by atoms with E-state index in [0.717, 1.165) is 44.5 Å². The molecule has 0 heterocycles. The summed E-state index contributed by atoms with van der Waals surface area (Å²) >= 11 is 0. The summed E-state index contributed by atoms with van der Waals surface area (Å²) in [5, 5.41) is 2.47. The molecular weight excluding hydrogens is 468 g/mol. The van der Waals surface area contributed by atoms with Gasteiger partial charge in [0.2, 0.25) is 0 Å². The van der Waals surface area contributed by atoms with Crippen molar-refractivity contribution in [1.29, 1.82) is 0 Å². The molecule has 1 atom stereocenters. The van der Waals surface area contributed by atoms with E-state index < -0.39 is 0 Å². The van der Waals surface area contributed by atoms with Gasteiger partial charge in [-0.1, -0.05) is 102 Å². The fourth-order valence-electron chi connectivity index (χ4n) is 4.86. The molecule has 38 heavy (non-hydrogen) atoms. The van der Waals surface area contributed by atoms with Gasteiger partial charge in [0, 0.05) is 0 Å². The second-order valence-electron chi connectivity index (χ2n) is 10.7. The number of hydrogen-bond donors (Lipinski definition) is 0. The van der Waals surface area contributed by atoms with Crippen molar-refractivity contribution in [3.8, 4) is 5.75 Å². The highest BCUT2D eigenvalue weighted by Crippen LogP contribution is 2.23. The summed E-state index contributed by atoms with van der Waals surface area (Å²) in [6.45, 7) is 7.25. The highest BCUT2D eigenvalue weighted by atomic mass is 16.5. The average Bonchev–Trinajstić information content (AvgIpc) is 2.94. The van der Waals surface area contributed by atoms with Gasteiger partial charge in [0.1, 0.15) is 5.75 Å². The summed E-state index contributed by atoms with van der Waals surface area (Å²) in [7, 11) is 0. The zero-order chi connectivity index (χ0) is 27.0. The number of rotatable bonds is 18. The molecule has 0 aliphatic rings. The largest absolute Gasteiger partial charge is 0.494 e. The summed E-state index contributed by atoms with van der Waals surface area (Å²) < 4.78 is 11.6. The Kier molecular flexibility index (Phi) is 13.2. The fraction of sp³-hybridized carbons (Fsp3) is 0.514. The normalized spacial score (nSPS) is 12.0. The molecule has 0 saturated heterocycles. The van der Waals surface area contributed by atoms with Gasteiger partial charge in [-0.15, -0.1) is 0 Å². The number of hydrogen-bond acceptors (Lipinski definition) is 3. The molecule has 0 aromatic heterocycles. The van der Waals surface area contributed by atoms with Gasteiger partial charge >= 0.3 is 5.97 Å². The summed E-state index contributed by atoms with van der Waals surface area (Å²) in [6.07, 6.45) is 15.3. The van der Waals surface area contributed by atoms with Gasteiger partial charge in [-0.05, 0) is 85.2 Å². The summed E-state index contributed by atoms with van der Waals surface area (Å²) in [5.41, 5.74) is 3.18. The van der Waals surface area contributed by atoms with E-state index in [2.05, 4.69) is 62.4 Å². The van der Waals surface area contributed by atoms with Crippen LogP contribution in [0.4, 0.5) is 0 Å². The van der Waals surface area contributed by atoms with E-state index >= 15 is 0 Å². The maximum absolute atomic E-state index is 12.5. The molecule has 3 heteroatoms. The Morgan fingerprint density at radius 2 is 1.29 bits per heavy atom. The molecule has 3 nitrogen and oxygen atoms in total. The third kappa shape index (κ3) is 10.5. The number of esters is 1. The van der Waals surface area contributed by atoms with Gasteiger partial charge in [-0.3, -0.25) is 0 Å². The Morgan fingerprint density at radius 3 is 2.05 bits per heavy atom. The van der Waals surface area contributed by atoms with Gasteiger partial charge in [0.05, 0.1) is 18.3 Å². The predicted molar refractivity (Wildman–Crippen MR) is 160 cm³/mol. The van der Waals surface area contributed by atoms with Gasteiger partial charge in [-0.2, -0.15) is 0 Å². The maximum Gasteiger partial charge on any atom is 0.338 e. The molecule has 0 radical (unpaired) electrons. The van der Waals surface area contributed by atoms with Crippen LogP contribution in [0.2, 0.25) is 0 Å². The van der Waals surface area contributed by atoms with Crippen molar-refractivity contribution in [2.45, 2.75) is 110 Å². The molecule has 3 aromatic rings. The quantitative estimate of drug-likeness (QED) is 0.125. The number of ether oxygens (including phenoxy) is 2. The Hall–Kier alpha value is -2.81. The Labute approximate surface area is 230 Å². The number of benzene rings is 3. The van der Waals surface area contributed by atoms with Crippen LogP contribution in [0.15, 0.2) is 60.7 Å². The van der Waals surface area contributed by atoms with E-state index in [0.29, 0.717) is 5.56 Å². The number of carbonyl (C=O) groups excluding carboxylic acids is 1. The van der Waals surface area contributed by atoms with E-state index in [4.69, 9.17) is 9.47 Å². The number of unbranched alkanes of at least 4 members (excludes halogenated alkanes) is 8. The molecule has 0 unspecified atom stereocenters. The van der Waals surface area contributed by atoms with E-state index in [-0.39, 0.29) is 12.1 Å². The molecule has 0 aliphatic carbocycles. The van der Waals surface area contributed by atoms with Crippen molar-refractivity contribution in [2.24, 2.45) is 0 Å². The zero-order valence-corrected chi connectivity index (χ0v) is 24.0. The van der Waals surface area contributed by atoms with Crippen LogP contribution in [-0.4, -0.2) is 18.7 Å². The van der Waals surface area contributed by atoms with Crippen molar-refractivity contribution >= 4 is 16.7 Å². The Bertz CT molecular complexity index is 1090. The highest BCUT2D eigenvalue weighted by molar-refractivity contribution is 5.89. The standard InChI is InChI=1S/C35H48O3/c1-4-6-8-10-11-13-25-37-34-24-23-32-26-30(19-22-33(32)27-34)16-15-29-17-20-31(21-18-29)35(36)38-28(3)14-12-9-7-5-2/h17-24,26-28H,4-16,25H2,1-3H3/t28-/m1/s1. The number of fused-ring (bicyclic) bond motifs is 1. The molecule has 0 fully saturated rings. The molecule has 0 saturated carbocycles. The maximum atomic E-state index is 12.5. The third-order valence-electron chi connectivity index (χ3n) is 7.31. The first-order chi connectivity index (χ1) is 18.6. The van der Waals surface area contributed by atoms with E-state index in [9.17, 15) is 4.79 Å². The minimum atomic E-state index is -0.218. The van der Waals surface area contributed by atoms with Crippen LogP contribution in [0.1, 0.15) is 113 Å². The SMILES string of the molecule is CCCCCCCCOc1ccc2cc(CCc3ccc(C(=O)O[C@H](C)CCCCCC)cc3)ccc2c1. The van der Waals surface area contributed by atoms with Crippen LogP contribution < -0.4 is 4.74 Å². The molecule has 0 amide bonds. The Morgan fingerprint density at radius 1 is 0.684 bits per heavy atom. The van der Waals surface area contributed by atoms with Crippen LogP contribution in [0, 0.1) is 0 Å². The van der Waals surface area contributed by atoms with Gasteiger partial charge < -0.3 is 9.47 Å². The smallest absolute Gasteiger partial charge is 0.338 e. The lowest BCUT2D eigenvalue weighted by molar-refractivity contribution is 0.0319. The van der Waals surface area contributed by atoms with Crippen molar-refractivity contribution in [1.82, 2.24) is 0 Å². The van der Waals surface area contributed by atoms with Crippen LogP contribution in [0.25, 0.3) is 10.8 Å². The second kappa shape index (κ2) is 16.9. The first-order valence-electron chi connectivity index (χ1n) is 15.0. The molecule has 3 rings (SSSR count). The minimum Gasteiger partial charge on any atom is -0.494 e. The lowest BCUT2D eigenvalue weighted by Crippen LogP contribution is -2.15. The van der Waals surface area contributed by atoms with E-state index in [1.165, 1.54) is 73.3 Å². The molecule has 206 valence electrons. The van der Waals surface area contributed by atoms with Gasteiger partial charge in [0.15, 0.2) is 0 Å². The fourth-order valence-corrected chi connectivity index (χ4v) is 4.86. The molecule has 0 spiro atoms. The van der Waals surface area contributed by atoms with Crippen LogP contribution in [0.5, 0.6) is 5.75 Å². The first-order valence-corrected chi connectivity index (χ1v) is 15.0. The van der Waals surface area contributed by atoms with Crippen LogP contribution >= 0.6 is 0 Å².